The van der Waals surface area contributed by atoms with E-state index in [9.17, 15) is 9.59 Å². The maximum atomic E-state index is 13.0. The van der Waals surface area contributed by atoms with Crippen molar-refractivity contribution in [2.45, 2.75) is 33.2 Å². The SMILES string of the molecule is Cc1c(C(=O)N(CCC(=O)O)C(C)C)oc2c1ccc1ccccc12. The van der Waals surface area contributed by atoms with Crippen LogP contribution in [0.1, 0.15) is 36.4 Å². The maximum Gasteiger partial charge on any atom is 0.305 e. The molecule has 1 amide bonds. The molecule has 0 atom stereocenters. The Hall–Kier alpha value is -2.82. The molecule has 3 aromatic rings. The highest BCUT2D eigenvalue weighted by Crippen LogP contribution is 2.32. The van der Waals surface area contributed by atoms with Crippen LogP contribution in [0.4, 0.5) is 0 Å². The van der Waals surface area contributed by atoms with E-state index in [1.54, 1.807) is 4.90 Å². The second-order valence-corrected chi connectivity index (χ2v) is 6.46. The third-order valence-electron chi connectivity index (χ3n) is 4.47. The van der Waals surface area contributed by atoms with E-state index in [1.165, 1.54) is 0 Å². The summed E-state index contributed by atoms with van der Waals surface area (Å²) in [6, 6.07) is 11.7. The van der Waals surface area contributed by atoms with E-state index in [0.717, 1.165) is 21.7 Å². The first-order chi connectivity index (χ1) is 11.9. The minimum Gasteiger partial charge on any atom is -0.481 e. The lowest BCUT2D eigenvalue weighted by molar-refractivity contribution is -0.137. The monoisotopic (exact) mass is 339 g/mol. The van der Waals surface area contributed by atoms with Gasteiger partial charge in [0.25, 0.3) is 5.91 Å². The zero-order valence-electron chi connectivity index (χ0n) is 14.6. The number of aliphatic carboxylic acids is 1. The van der Waals surface area contributed by atoms with Gasteiger partial charge in [-0.05, 0) is 26.2 Å². The van der Waals surface area contributed by atoms with Crippen LogP contribution in [0.3, 0.4) is 0 Å². The number of rotatable bonds is 5. The number of carbonyl (C=O) groups is 2. The Bertz CT molecular complexity index is 955. The van der Waals surface area contributed by atoms with Gasteiger partial charge in [-0.15, -0.1) is 0 Å². The Labute approximate surface area is 145 Å². The molecular weight excluding hydrogens is 318 g/mol. The Morgan fingerprint density at radius 3 is 2.52 bits per heavy atom. The van der Waals surface area contributed by atoms with Crippen molar-refractivity contribution < 1.29 is 19.1 Å². The van der Waals surface area contributed by atoms with Crippen molar-refractivity contribution in [3.63, 3.8) is 0 Å². The van der Waals surface area contributed by atoms with Gasteiger partial charge in [-0.25, -0.2) is 0 Å². The summed E-state index contributed by atoms with van der Waals surface area (Å²) in [6.07, 6.45) is -0.0911. The molecule has 5 nitrogen and oxygen atoms in total. The number of carboxylic acids is 1. The third-order valence-corrected chi connectivity index (χ3v) is 4.47. The summed E-state index contributed by atoms with van der Waals surface area (Å²) in [5, 5.41) is 11.8. The number of carbonyl (C=O) groups excluding carboxylic acids is 1. The van der Waals surface area contributed by atoms with Crippen molar-refractivity contribution in [3.8, 4) is 0 Å². The van der Waals surface area contributed by atoms with Crippen LogP contribution < -0.4 is 0 Å². The van der Waals surface area contributed by atoms with Crippen LogP contribution in [0.25, 0.3) is 21.7 Å². The lowest BCUT2D eigenvalue weighted by Gasteiger charge is -2.25. The fourth-order valence-electron chi connectivity index (χ4n) is 3.09. The van der Waals surface area contributed by atoms with E-state index < -0.39 is 5.97 Å². The molecule has 0 aliphatic heterocycles. The van der Waals surface area contributed by atoms with Gasteiger partial charge in [0.05, 0.1) is 6.42 Å². The summed E-state index contributed by atoms with van der Waals surface area (Å²) in [4.78, 5) is 25.4. The normalized spacial score (nSPS) is 11.4. The minimum atomic E-state index is -0.925. The molecule has 0 aliphatic carbocycles. The van der Waals surface area contributed by atoms with Crippen LogP contribution >= 0.6 is 0 Å². The van der Waals surface area contributed by atoms with Gasteiger partial charge in [-0.1, -0.05) is 36.4 Å². The van der Waals surface area contributed by atoms with Crippen molar-refractivity contribution in [3.05, 3.63) is 47.7 Å². The van der Waals surface area contributed by atoms with Gasteiger partial charge in [0.2, 0.25) is 0 Å². The van der Waals surface area contributed by atoms with Crippen LogP contribution in [0.2, 0.25) is 0 Å². The van der Waals surface area contributed by atoms with Gasteiger partial charge in [0.1, 0.15) is 5.58 Å². The molecule has 0 spiro atoms. The average molecular weight is 339 g/mol. The van der Waals surface area contributed by atoms with E-state index in [0.29, 0.717) is 5.58 Å². The Morgan fingerprint density at radius 1 is 1.12 bits per heavy atom. The number of hydrogen-bond donors (Lipinski definition) is 1. The molecule has 1 aromatic heterocycles. The third kappa shape index (κ3) is 3.09. The molecule has 0 radical (unpaired) electrons. The zero-order valence-corrected chi connectivity index (χ0v) is 14.6. The van der Waals surface area contributed by atoms with Gasteiger partial charge in [0.15, 0.2) is 5.76 Å². The summed E-state index contributed by atoms with van der Waals surface area (Å²) in [6.45, 7) is 5.76. The van der Waals surface area contributed by atoms with E-state index in [1.807, 2.05) is 57.2 Å². The topological polar surface area (TPSA) is 70.8 Å². The summed E-state index contributed by atoms with van der Waals surface area (Å²) < 4.78 is 5.97. The summed E-state index contributed by atoms with van der Waals surface area (Å²) in [5.74, 6) is -0.912. The van der Waals surface area contributed by atoms with Crippen LogP contribution in [0, 0.1) is 6.92 Å². The molecule has 0 bridgehead atoms. The fourth-order valence-corrected chi connectivity index (χ4v) is 3.09. The number of benzene rings is 2. The maximum absolute atomic E-state index is 13.0. The second-order valence-electron chi connectivity index (χ2n) is 6.46. The summed E-state index contributed by atoms with van der Waals surface area (Å²) in [7, 11) is 0. The molecule has 3 rings (SSSR count). The quantitative estimate of drug-likeness (QED) is 0.755. The standard InChI is InChI=1S/C20H21NO4/c1-12(2)21(11-10-17(22)23)20(24)18-13(3)15-9-8-14-6-4-5-7-16(14)19(15)25-18/h4-9,12H,10-11H2,1-3H3,(H,22,23). The van der Waals surface area contributed by atoms with Crippen molar-refractivity contribution in [1.29, 1.82) is 0 Å². The van der Waals surface area contributed by atoms with Crippen LogP contribution in [-0.2, 0) is 4.79 Å². The van der Waals surface area contributed by atoms with Crippen molar-refractivity contribution in [2.75, 3.05) is 6.54 Å². The first kappa shape index (κ1) is 17.0. The first-order valence-electron chi connectivity index (χ1n) is 8.33. The number of nitrogens with zero attached hydrogens (tertiary/aromatic N) is 1. The van der Waals surface area contributed by atoms with Crippen LogP contribution in [-0.4, -0.2) is 34.5 Å². The second kappa shape index (κ2) is 6.59. The predicted octanol–water partition coefficient (Wildman–Crippen LogP) is 4.22. The summed E-state index contributed by atoms with van der Waals surface area (Å²) in [5.41, 5.74) is 1.48. The lowest BCUT2D eigenvalue weighted by Crippen LogP contribution is -2.38. The molecular formula is C20H21NO4. The number of carboxylic acid groups (broad SMARTS) is 1. The van der Waals surface area contributed by atoms with Gasteiger partial charge in [-0.3, -0.25) is 9.59 Å². The highest BCUT2D eigenvalue weighted by Gasteiger charge is 2.26. The number of fused-ring (bicyclic) bond motifs is 3. The highest BCUT2D eigenvalue weighted by atomic mass is 16.4. The lowest BCUT2D eigenvalue weighted by atomic mass is 10.1. The van der Waals surface area contributed by atoms with Crippen molar-refractivity contribution in [1.82, 2.24) is 4.90 Å². The highest BCUT2D eigenvalue weighted by molar-refractivity contribution is 6.08. The molecule has 1 heterocycles. The first-order valence-corrected chi connectivity index (χ1v) is 8.33. The van der Waals surface area contributed by atoms with E-state index in [-0.39, 0.29) is 30.7 Å². The Balaban J connectivity index is 2.07. The number of furan rings is 1. The molecule has 0 saturated carbocycles. The fraction of sp³-hybridized carbons (Fsp3) is 0.300. The van der Waals surface area contributed by atoms with E-state index in [4.69, 9.17) is 9.52 Å². The number of aryl methyl sites for hydroxylation is 1. The largest absolute Gasteiger partial charge is 0.481 e. The Morgan fingerprint density at radius 2 is 1.84 bits per heavy atom. The summed E-state index contributed by atoms with van der Waals surface area (Å²) >= 11 is 0. The van der Waals surface area contributed by atoms with Crippen LogP contribution in [0.15, 0.2) is 40.8 Å². The minimum absolute atomic E-state index is 0.0911. The van der Waals surface area contributed by atoms with Gasteiger partial charge in [-0.2, -0.15) is 0 Å². The molecule has 0 aliphatic rings. The molecule has 0 fully saturated rings. The molecule has 0 saturated heterocycles. The molecule has 0 unspecified atom stereocenters. The molecule has 1 N–H and O–H groups in total. The number of amides is 1. The molecule has 2 aromatic carbocycles. The van der Waals surface area contributed by atoms with Crippen molar-refractivity contribution in [2.24, 2.45) is 0 Å². The molecule has 5 heteroatoms. The van der Waals surface area contributed by atoms with E-state index >= 15 is 0 Å². The smallest absolute Gasteiger partial charge is 0.305 e. The van der Waals surface area contributed by atoms with Crippen LogP contribution in [0.5, 0.6) is 0 Å². The molecule has 25 heavy (non-hydrogen) atoms. The van der Waals surface area contributed by atoms with Gasteiger partial charge < -0.3 is 14.4 Å². The average Bonchev–Trinajstić information content (AvgIpc) is 2.91. The molecule has 130 valence electrons. The van der Waals surface area contributed by atoms with Crippen molar-refractivity contribution >= 4 is 33.6 Å². The Kier molecular flexibility index (Phi) is 4.49. The predicted molar refractivity (Wildman–Crippen MR) is 96.9 cm³/mol. The van der Waals surface area contributed by atoms with E-state index in [2.05, 4.69) is 0 Å². The van der Waals surface area contributed by atoms with Gasteiger partial charge in [0, 0.05) is 28.9 Å². The number of hydrogen-bond acceptors (Lipinski definition) is 3. The van der Waals surface area contributed by atoms with Gasteiger partial charge >= 0.3 is 5.97 Å². The zero-order chi connectivity index (χ0) is 18.1.